The van der Waals surface area contributed by atoms with E-state index < -0.39 is 32.5 Å². The first-order valence-electron chi connectivity index (χ1n) is 20.1. The maximum atomic E-state index is 12.5. The number of hydrogen-bond acceptors (Lipinski definition) is 8. The number of nitrogens with two attached hydrogens (primary N) is 1. The number of carbonyl (C=O) groups is 2. The minimum absolute atomic E-state index is 0.0460. The van der Waals surface area contributed by atoms with E-state index in [1.807, 2.05) is 0 Å². The van der Waals surface area contributed by atoms with Crippen LogP contribution in [0.3, 0.4) is 0 Å². The first-order chi connectivity index (χ1) is 24.8. The van der Waals surface area contributed by atoms with Crippen LogP contribution in [0.2, 0.25) is 0 Å². The van der Waals surface area contributed by atoms with Gasteiger partial charge in [0.15, 0.2) is 6.10 Å². The summed E-state index contributed by atoms with van der Waals surface area (Å²) in [5, 5.41) is 0. The third-order valence-electron chi connectivity index (χ3n) is 8.19. The van der Waals surface area contributed by atoms with Gasteiger partial charge in [0, 0.05) is 19.4 Å². The smallest absolute Gasteiger partial charge is 0.462 e. The van der Waals surface area contributed by atoms with Crippen molar-refractivity contribution in [3.8, 4) is 0 Å². The van der Waals surface area contributed by atoms with Gasteiger partial charge >= 0.3 is 19.8 Å². The van der Waals surface area contributed by atoms with Crippen LogP contribution in [0.1, 0.15) is 168 Å². The fraction of sp³-hybridized carbons (Fsp3) is 0.756. The summed E-state index contributed by atoms with van der Waals surface area (Å²) in [7, 11) is -4.38. The molecule has 296 valence electrons. The molecule has 2 atom stereocenters. The van der Waals surface area contributed by atoms with Crippen molar-refractivity contribution in [2.24, 2.45) is 5.73 Å². The Bertz CT molecular complexity index is 981. The molecule has 9 nitrogen and oxygen atoms in total. The average Bonchev–Trinajstić information content (AvgIpc) is 3.11. The van der Waals surface area contributed by atoms with Gasteiger partial charge in [-0.3, -0.25) is 18.6 Å². The second kappa shape index (κ2) is 37.7. The van der Waals surface area contributed by atoms with Crippen LogP contribution in [0.25, 0.3) is 0 Å². The molecule has 0 aromatic heterocycles. The fourth-order valence-corrected chi connectivity index (χ4v) is 5.93. The van der Waals surface area contributed by atoms with Crippen molar-refractivity contribution >= 4 is 19.8 Å². The first-order valence-corrected chi connectivity index (χ1v) is 21.6. The normalized spacial score (nSPS) is 13.9. The number of carbonyl (C=O) groups excluding carboxylic acids is 2. The Labute approximate surface area is 311 Å². The number of hydrogen-bond donors (Lipinski definition) is 2. The molecular weight excluding hydrogens is 665 g/mol. The van der Waals surface area contributed by atoms with Gasteiger partial charge in [-0.15, -0.1) is 0 Å². The van der Waals surface area contributed by atoms with E-state index in [2.05, 4.69) is 62.5 Å². The van der Waals surface area contributed by atoms with Gasteiger partial charge in [0.05, 0.1) is 13.2 Å². The zero-order valence-electron chi connectivity index (χ0n) is 32.3. The van der Waals surface area contributed by atoms with Gasteiger partial charge in [0.25, 0.3) is 0 Å². The van der Waals surface area contributed by atoms with Crippen LogP contribution in [0.5, 0.6) is 0 Å². The molecule has 0 aromatic rings. The van der Waals surface area contributed by atoms with Crippen LogP contribution in [0, 0.1) is 0 Å². The highest BCUT2D eigenvalue weighted by molar-refractivity contribution is 7.47. The number of allylic oxidation sites excluding steroid dienone is 8. The van der Waals surface area contributed by atoms with Crippen molar-refractivity contribution in [1.29, 1.82) is 0 Å². The van der Waals surface area contributed by atoms with Gasteiger partial charge in [-0.05, 0) is 77.0 Å². The highest BCUT2D eigenvalue weighted by Crippen LogP contribution is 2.43. The summed E-state index contributed by atoms with van der Waals surface area (Å²) in [6.07, 6.45) is 41.4. The molecule has 0 aromatic carbocycles. The largest absolute Gasteiger partial charge is 0.472 e. The predicted molar refractivity (Wildman–Crippen MR) is 210 cm³/mol. The molecule has 0 amide bonds. The number of rotatable bonds is 37. The van der Waals surface area contributed by atoms with Gasteiger partial charge in [-0.1, -0.05) is 127 Å². The standard InChI is InChI=1S/C41H74NO8P/c1-3-5-7-9-11-13-15-17-18-19-20-22-24-26-28-30-32-34-41(44)50-39(38-49-51(45,46)48-36-35-42)37-47-40(43)33-31-29-27-25-23-21-16-14-12-10-8-6-4-2/h11,13,17-18,20-23,39H,3-10,12,14-16,19,24-38,42H2,1-2H3,(H,45,46)/b13-11+,18-17+,22-20+,23-21+/t39-/m1/s1. The molecule has 0 fully saturated rings. The van der Waals surface area contributed by atoms with Crippen molar-refractivity contribution in [2.45, 2.75) is 174 Å². The van der Waals surface area contributed by atoms with E-state index in [9.17, 15) is 19.0 Å². The zero-order valence-corrected chi connectivity index (χ0v) is 33.2. The zero-order chi connectivity index (χ0) is 37.5. The van der Waals surface area contributed by atoms with E-state index in [-0.39, 0.29) is 32.6 Å². The van der Waals surface area contributed by atoms with Gasteiger partial charge in [-0.25, -0.2) is 4.57 Å². The lowest BCUT2D eigenvalue weighted by Gasteiger charge is -2.19. The maximum absolute atomic E-state index is 12.5. The van der Waals surface area contributed by atoms with Crippen molar-refractivity contribution in [2.75, 3.05) is 26.4 Å². The first kappa shape index (κ1) is 49.0. The molecule has 51 heavy (non-hydrogen) atoms. The third kappa shape index (κ3) is 37.5. The Morgan fingerprint density at radius 2 is 1.02 bits per heavy atom. The molecule has 0 bridgehead atoms. The Balaban J connectivity index is 4.28. The molecule has 0 radical (unpaired) electrons. The summed E-state index contributed by atoms with van der Waals surface area (Å²) in [5.41, 5.74) is 5.33. The molecule has 10 heteroatoms. The van der Waals surface area contributed by atoms with Crippen molar-refractivity contribution in [3.05, 3.63) is 48.6 Å². The Kier molecular flexibility index (Phi) is 36.2. The third-order valence-corrected chi connectivity index (χ3v) is 9.17. The van der Waals surface area contributed by atoms with E-state index in [4.69, 9.17) is 24.3 Å². The predicted octanol–water partition coefficient (Wildman–Crippen LogP) is 11.2. The molecular formula is C41H74NO8P. The van der Waals surface area contributed by atoms with Crippen LogP contribution in [-0.4, -0.2) is 49.3 Å². The minimum Gasteiger partial charge on any atom is -0.462 e. The van der Waals surface area contributed by atoms with Gasteiger partial charge in [-0.2, -0.15) is 0 Å². The van der Waals surface area contributed by atoms with Gasteiger partial charge < -0.3 is 20.1 Å². The number of ether oxygens (including phenoxy) is 2. The molecule has 0 aliphatic heterocycles. The molecule has 0 aliphatic rings. The summed E-state index contributed by atoms with van der Waals surface area (Å²) >= 11 is 0. The summed E-state index contributed by atoms with van der Waals surface area (Å²) in [5.74, 6) is -0.876. The lowest BCUT2D eigenvalue weighted by Crippen LogP contribution is -2.29. The van der Waals surface area contributed by atoms with E-state index in [0.29, 0.717) is 12.8 Å². The fourth-order valence-electron chi connectivity index (χ4n) is 5.16. The summed E-state index contributed by atoms with van der Waals surface area (Å²) < 4.78 is 32.6. The average molecular weight is 740 g/mol. The number of phosphoric ester groups is 1. The van der Waals surface area contributed by atoms with Gasteiger partial charge in [0.1, 0.15) is 6.61 Å². The molecule has 0 aliphatic carbocycles. The molecule has 3 N–H and O–H groups in total. The highest BCUT2D eigenvalue weighted by atomic mass is 31.2. The lowest BCUT2D eigenvalue weighted by molar-refractivity contribution is -0.161. The van der Waals surface area contributed by atoms with E-state index in [0.717, 1.165) is 64.2 Å². The van der Waals surface area contributed by atoms with Crippen LogP contribution in [0.15, 0.2) is 48.6 Å². The van der Waals surface area contributed by atoms with Crippen molar-refractivity contribution < 1.29 is 37.6 Å². The van der Waals surface area contributed by atoms with E-state index >= 15 is 0 Å². The van der Waals surface area contributed by atoms with Crippen LogP contribution in [0.4, 0.5) is 0 Å². The Morgan fingerprint density at radius 3 is 1.59 bits per heavy atom. The van der Waals surface area contributed by atoms with Crippen LogP contribution >= 0.6 is 7.82 Å². The van der Waals surface area contributed by atoms with E-state index in [1.54, 1.807) is 0 Å². The number of esters is 2. The maximum Gasteiger partial charge on any atom is 0.472 e. The Morgan fingerprint density at radius 1 is 0.588 bits per heavy atom. The lowest BCUT2D eigenvalue weighted by atomic mass is 10.1. The SMILES string of the molecule is CCCCC/C=C/C/C=C/C/C=C/CCCCCCC(=O)O[C@H](COC(=O)CCCCC/C=C/CCCCCCCC)COP(=O)(O)OCCN. The summed E-state index contributed by atoms with van der Waals surface area (Å²) in [6, 6.07) is 0. The van der Waals surface area contributed by atoms with Gasteiger partial charge in [0.2, 0.25) is 0 Å². The van der Waals surface area contributed by atoms with Crippen LogP contribution in [-0.2, 0) is 32.7 Å². The second-order valence-electron chi connectivity index (χ2n) is 13.1. The molecule has 0 saturated carbocycles. The molecule has 0 heterocycles. The topological polar surface area (TPSA) is 134 Å². The molecule has 0 saturated heterocycles. The monoisotopic (exact) mass is 740 g/mol. The molecule has 0 rings (SSSR count). The van der Waals surface area contributed by atoms with Crippen molar-refractivity contribution in [1.82, 2.24) is 0 Å². The van der Waals surface area contributed by atoms with Crippen molar-refractivity contribution in [3.63, 3.8) is 0 Å². The highest BCUT2D eigenvalue weighted by Gasteiger charge is 2.25. The molecule has 0 spiro atoms. The summed E-state index contributed by atoms with van der Waals surface area (Å²) in [6.45, 7) is 3.64. The van der Waals surface area contributed by atoms with E-state index in [1.165, 1.54) is 64.2 Å². The molecule has 1 unspecified atom stereocenters. The minimum atomic E-state index is -4.38. The second-order valence-corrected chi connectivity index (χ2v) is 14.6. The number of phosphoric acid groups is 1. The van der Waals surface area contributed by atoms with Crippen LogP contribution < -0.4 is 5.73 Å². The Hall–Kier alpha value is -2.03. The number of unbranched alkanes of at least 4 members (excludes halogenated alkanes) is 16. The quantitative estimate of drug-likeness (QED) is 0.0276. The summed E-state index contributed by atoms with van der Waals surface area (Å²) in [4.78, 5) is 34.7.